The maximum absolute atomic E-state index is 13.0. The van der Waals surface area contributed by atoms with E-state index >= 15 is 0 Å². The summed E-state index contributed by atoms with van der Waals surface area (Å²) in [4.78, 5) is 27.0. The van der Waals surface area contributed by atoms with E-state index in [9.17, 15) is 9.59 Å². The molecule has 6 nitrogen and oxygen atoms in total. The first kappa shape index (κ1) is 24.1. The van der Waals surface area contributed by atoms with Gasteiger partial charge < -0.3 is 19.5 Å². The van der Waals surface area contributed by atoms with E-state index < -0.39 is 5.60 Å². The van der Waals surface area contributed by atoms with Gasteiger partial charge in [-0.1, -0.05) is 31.5 Å². The number of nitrogens with zero attached hydrogens (tertiary/aromatic N) is 2. The molecule has 0 bridgehead atoms. The quantitative estimate of drug-likeness (QED) is 0.490. The van der Waals surface area contributed by atoms with Crippen molar-refractivity contribution in [3.05, 3.63) is 48.0 Å². The van der Waals surface area contributed by atoms with Crippen molar-refractivity contribution in [3.8, 4) is 0 Å². The summed E-state index contributed by atoms with van der Waals surface area (Å²) in [6.07, 6.45) is 3.75. The number of likely N-dealkylation sites (tertiary alicyclic amines) is 1. The lowest BCUT2D eigenvalue weighted by Crippen LogP contribution is -2.43. The lowest BCUT2D eigenvalue weighted by molar-refractivity contribution is 0.0183. The molecule has 1 fully saturated rings. The van der Waals surface area contributed by atoms with Crippen LogP contribution in [0, 0.1) is 5.92 Å². The summed E-state index contributed by atoms with van der Waals surface area (Å²) in [6, 6.07) is 14.5. The van der Waals surface area contributed by atoms with Gasteiger partial charge in [-0.2, -0.15) is 0 Å². The fourth-order valence-electron chi connectivity index (χ4n) is 4.74. The van der Waals surface area contributed by atoms with Gasteiger partial charge in [0.1, 0.15) is 5.60 Å². The van der Waals surface area contributed by atoms with Crippen LogP contribution in [0.1, 0.15) is 63.7 Å². The second-order valence-corrected chi connectivity index (χ2v) is 10.4. The van der Waals surface area contributed by atoms with Gasteiger partial charge in [-0.15, -0.1) is 0 Å². The number of hydrogen-bond acceptors (Lipinski definition) is 3. The number of para-hydroxylation sites is 1. The van der Waals surface area contributed by atoms with Crippen LogP contribution in [-0.4, -0.2) is 46.7 Å². The standard InChI is InChI=1S/C28H37N3O3/c1-5-6-15-31-24-10-8-7-9-22(24)23-18-21(11-12-25(23)31)26(32)29-19-20-13-16-30(17-14-20)27(33)34-28(2,3)4/h7-12,18,20H,5-6,13-17,19H2,1-4H3,(H,29,32). The van der Waals surface area contributed by atoms with E-state index in [0.717, 1.165) is 37.6 Å². The number of rotatable bonds is 6. The number of hydrogen-bond donors (Lipinski definition) is 1. The first-order valence-electron chi connectivity index (χ1n) is 12.5. The summed E-state index contributed by atoms with van der Waals surface area (Å²) in [5, 5.41) is 5.45. The van der Waals surface area contributed by atoms with Crippen molar-refractivity contribution in [2.24, 2.45) is 5.92 Å². The van der Waals surface area contributed by atoms with Crippen LogP contribution >= 0.6 is 0 Å². The summed E-state index contributed by atoms with van der Waals surface area (Å²) >= 11 is 0. The van der Waals surface area contributed by atoms with Gasteiger partial charge in [-0.3, -0.25) is 4.79 Å². The summed E-state index contributed by atoms with van der Waals surface area (Å²) < 4.78 is 7.84. The van der Waals surface area contributed by atoms with Crippen molar-refractivity contribution < 1.29 is 14.3 Å². The van der Waals surface area contributed by atoms with Crippen molar-refractivity contribution in [3.63, 3.8) is 0 Å². The third-order valence-electron chi connectivity index (χ3n) is 6.59. The number of nitrogens with one attached hydrogen (secondary N) is 1. The lowest BCUT2D eigenvalue weighted by atomic mass is 9.97. The van der Waals surface area contributed by atoms with Crippen LogP contribution < -0.4 is 5.32 Å². The van der Waals surface area contributed by atoms with Crippen LogP contribution in [0.3, 0.4) is 0 Å². The highest BCUT2D eigenvalue weighted by Gasteiger charge is 2.27. The number of carbonyl (C=O) groups excluding carboxylic acids is 2. The summed E-state index contributed by atoms with van der Waals surface area (Å²) in [5.41, 5.74) is 2.61. The molecular weight excluding hydrogens is 426 g/mol. The Morgan fingerprint density at radius 1 is 1.03 bits per heavy atom. The maximum atomic E-state index is 13.0. The van der Waals surface area contributed by atoms with Gasteiger partial charge in [0.05, 0.1) is 0 Å². The molecule has 182 valence electrons. The normalized spacial score (nSPS) is 15.1. The average molecular weight is 464 g/mol. The zero-order valence-corrected chi connectivity index (χ0v) is 20.9. The molecule has 0 spiro atoms. The number of fused-ring (bicyclic) bond motifs is 3. The third kappa shape index (κ3) is 5.37. The van der Waals surface area contributed by atoms with E-state index in [1.165, 1.54) is 16.4 Å². The molecule has 1 N–H and O–H groups in total. The molecule has 0 radical (unpaired) electrons. The number of carbonyl (C=O) groups is 2. The van der Waals surface area contributed by atoms with Crippen molar-refractivity contribution in [1.82, 2.24) is 14.8 Å². The first-order valence-corrected chi connectivity index (χ1v) is 12.5. The van der Waals surface area contributed by atoms with E-state index in [1.807, 2.05) is 32.9 Å². The third-order valence-corrected chi connectivity index (χ3v) is 6.59. The van der Waals surface area contributed by atoms with Crippen LogP contribution in [0.25, 0.3) is 21.8 Å². The average Bonchev–Trinajstić information content (AvgIpc) is 3.13. The Labute approximate surface area is 202 Å². The Bertz CT molecular complexity index is 1170. The molecule has 3 aromatic rings. The molecule has 1 aliphatic rings. The fraction of sp³-hybridized carbons (Fsp3) is 0.500. The Hall–Kier alpha value is -3.02. The Morgan fingerprint density at radius 3 is 2.44 bits per heavy atom. The molecule has 0 atom stereocenters. The number of benzene rings is 2. The van der Waals surface area contributed by atoms with Gasteiger partial charge in [0.15, 0.2) is 0 Å². The molecule has 0 saturated carbocycles. The fourth-order valence-corrected chi connectivity index (χ4v) is 4.74. The minimum absolute atomic E-state index is 0.0399. The Morgan fingerprint density at radius 2 is 1.74 bits per heavy atom. The predicted molar refractivity (Wildman–Crippen MR) is 137 cm³/mol. The van der Waals surface area contributed by atoms with Gasteiger partial charge >= 0.3 is 6.09 Å². The highest BCUT2D eigenvalue weighted by atomic mass is 16.6. The van der Waals surface area contributed by atoms with Gasteiger partial charge in [0.2, 0.25) is 0 Å². The monoisotopic (exact) mass is 463 g/mol. The number of unbranched alkanes of at least 4 members (excludes halogenated alkanes) is 1. The maximum Gasteiger partial charge on any atom is 0.410 e. The Balaban J connectivity index is 1.39. The summed E-state index contributed by atoms with van der Waals surface area (Å²) in [6.45, 7) is 10.8. The second kappa shape index (κ2) is 10.1. The number of ether oxygens (including phenoxy) is 1. The number of aryl methyl sites for hydroxylation is 1. The molecule has 0 aliphatic carbocycles. The van der Waals surface area contributed by atoms with Crippen molar-refractivity contribution in [1.29, 1.82) is 0 Å². The molecule has 1 saturated heterocycles. The highest BCUT2D eigenvalue weighted by Crippen LogP contribution is 2.30. The van der Waals surface area contributed by atoms with E-state index in [4.69, 9.17) is 4.74 Å². The first-order chi connectivity index (χ1) is 16.3. The minimum Gasteiger partial charge on any atom is -0.444 e. The van der Waals surface area contributed by atoms with Crippen LogP contribution in [-0.2, 0) is 11.3 Å². The molecule has 34 heavy (non-hydrogen) atoms. The SMILES string of the molecule is CCCCn1c2ccccc2c2cc(C(=O)NCC3CCN(C(=O)OC(C)(C)C)CC3)ccc21. The van der Waals surface area contributed by atoms with Gasteiger partial charge in [0.25, 0.3) is 5.91 Å². The van der Waals surface area contributed by atoms with E-state index in [-0.39, 0.29) is 12.0 Å². The number of amides is 2. The van der Waals surface area contributed by atoms with Gasteiger partial charge in [0, 0.05) is 53.5 Å². The smallest absolute Gasteiger partial charge is 0.410 e. The summed E-state index contributed by atoms with van der Waals surface area (Å²) in [5.74, 6) is 0.323. The van der Waals surface area contributed by atoms with Crippen LogP contribution in [0.2, 0.25) is 0 Å². The Kier molecular flexibility index (Phi) is 7.15. The molecule has 2 amide bonds. The van der Waals surface area contributed by atoms with Crippen molar-refractivity contribution in [2.75, 3.05) is 19.6 Å². The molecule has 2 aromatic carbocycles. The van der Waals surface area contributed by atoms with E-state index in [2.05, 4.69) is 47.1 Å². The second-order valence-electron chi connectivity index (χ2n) is 10.4. The molecule has 4 rings (SSSR count). The van der Waals surface area contributed by atoms with Crippen molar-refractivity contribution in [2.45, 2.75) is 65.5 Å². The number of piperidine rings is 1. The molecular formula is C28H37N3O3. The van der Waals surface area contributed by atoms with Crippen LogP contribution in [0.5, 0.6) is 0 Å². The topological polar surface area (TPSA) is 63.6 Å². The predicted octanol–water partition coefficient (Wildman–Crippen LogP) is 5.97. The molecule has 2 heterocycles. The minimum atomic E-state index is -0.481. The largest absolute Gasteiger partial charge is 0.444 e. The molecule has 1 aromatic heterocycles. The van der Waals surface area contributed by atoms with Gasteiger partial charge in [-0.25, -0.2) is 4.79 Å². The van der Waals surface area contributed by atoms with Crippen LogP contribution in [0.4, 0.5) is 4.79 Å². The van der Waals surface area contributed by atoms with E-state index in [0.29, 0.717) is 31.1 Å². The van der Waals surface area contributed by atoms with Crippen LogP contribution in [0.15, 0.2) is 42.5 Å². The summed E-state index contributed by atoms with van der Waals surface area (Å²) in [7, 11) is 0. The molecule has 1 aliphatic heterocycles. The van der Waals surface area contributed by atoms with E-state index in [1.54, 1.807) is 4.90 Å². The zero-order valence-electron chi connectivity index (χ0n) is 20.9. The number of aromatic nitrogens is 1. The van der Waals surface area contributed by atoms with Gasteiger partial charge in [-0.05, 0) is 70.2 Å². The van der Waals surface area contributed by atoms with Crippen molar-refractivity contribution >= 4 is 33.8 Å². The lowest BCUT2D eigenvalue weighted by Gasteiger charge is -2.33. The molecule has 6 heteroatoms. The zero-order chi connectivity index (χ0) is 24.3. The molecule has 0 unspecified atom stereocenters. The highest BCUT2D eigenvalue weighted by molar-refractivity contribution is 6.10.